The van der Waals surface area contributed by atoms with E-state index in [4.69, 9.17) is 0 Å². The molecule has 1 aliphatic heterocycles. The first kappa shape index (κ1) is 35.9. The van der Waals surface area contributed by atoms with E-state index in [0.717, 1.165) is 10.4 Å². The second-order valence-corrected chi connectivity index (χ2v) is 2.53. The predicted octanol–water partition coefficient (Wildman–Crippen LogP) is -15.4. The molecule has 0 atom stereocenters. The molecular formula is C10H11FNRb5+4. The van der Waals surface area contributed by atoms with Crippen LogP contribution in [0.1, 0.15) is 0 Å². The van der Waals surface area contributed by atoms with Crippen molar-refractivity contribution < 1.29 is 300 Å². The smallest absolute Gasteiger partial charge is 0.392 e. The number of hydrogen-bond donors (Lipinski definition) is 1. The minimum Gasteiger partial charge on any atom is -0.392 e. The van der Waals surface area contributed by atoms with Crippen molar-refractivity contribution in [2.45, 2.75) is 0 Å². The molecule has 0 aromatic heterocycles. The van der Waals surface area contributed by atoms with Gasteiger partial charge in [-0.15, -0.1) is 0 Å². The van der Waals surface area contributed by atoms with Crippen LogP contribution in [0, 0.1) is 14.2 Å². The van der Waals surface area contributed by atoms with Gasteiger partial charge in [0, 0.05) is 17.2 Å². The number of quaternary nitrogens is 1. The Morgan fingerprint density at radius 3 is 1.47 bits per heavy atom. The zero-order valence-corrected chi connectivity index (χ0v) is 36.5. The molecule has 0 saturated heterocycles. The van der Waals surface area contributed by atoms with Crippen LogP contribution in [0.25, 0.3) is 12.4 Å². The fourth-order valence-corrected chi connectivity index (χ4v) is 1.24. The number of fused-ring (bicyclic) bond motifs is 1. The van der Waals surface area contributed by atoms with Crippen molar-refractivity contribution in [3.8, 4) is 0 Å². The van der Waals surface area contributed by atoms with Crippen LogP contribution in [0.15, 0.2) is 24.3 Å². The Hall–Kier alpha value is 7.88. The molecule has 0 fully saturated rings. The summed E-state index contributed by atoms with van der Waals surface area (Å²) in [7, 11) is 0. The van der Waals surface area contributed by atoms with Gasteiger partial charge in [-0.25, -0.2) is 0 Å². The van der Waals surface area contributed by atoms with E-state index in [1.165, 1.54) is 0 Å². The van der Waals surface area contributed by atoms with Crippen LogP contribution in [0.4, 0.5) is 4.39 Å². The summed E-state index contributed by atoms with van der Waals surface area (Å²) < 4.78 is 12.0. The zero-order chi connectivity index (χ0) is 7.68. The Bertz CT molecular complexity index is 350. The van der Waals surface area contributed by atoms with Crippen molar-refractivity contribution in [3.63, 3.8) is 0 Å². The van der Waals surface area contributed by atoms with Gasteiger partial charge in [0.05, 0.1) is 12.4 Å². The Balaban J connectivity index is -0.0000000800. The second-order valence-electron chi connectivity index (χ2n) is 2.53. The first-order chi connectivity index (χ1) is 5.40. The van der Waals surface area contributed by atoms with E-state index in [-0.39, 0.29) is 298 Å². The number of benzene rings is 1. The molecule has 1 aromatic rings. The number of nitrogens with one attached hydrogen (secondary N) is 1. The van der Waals surface area contributed by atoms with Crippen LogP contribution in [0.5, 0.6) is 0 Å². The van der Waals surface area contributed by atoms with Gasteiger partial charge in [0.15, 0.2) is 0 Å². The van der Waals surface area contributed by atoms with E-state index in [9.17, 15) is 4.39 Å². The first-order valence-corrected chi connectivity index (χ1v) is 3.49. The van der Waals surface area contributed by atoms with Gasteiger partial charge in [0.1, 0.15) is 0 Å². The number of halogens is 1. The molecule has 0 saturated carbocycles. The van der Waals surface area contributed by atoms with E-state index in [1.54, 1.807) is 0 Å². The SMILES string of the molecule is F[CH-][NH+]1C=c2ccccc2=C1.[CH3-].[Rb+].[Rb+].[Rb+].[Rb+].[Rb+]. The van der Waals surface area contributed by atoms with Gasteiger partial charge >= 0.3 is 291 Å². The van der Waals surface area contributed by atoms with Crippen molar-refractivity contribution in [1.82, 2.24) is 0 Å². The molecule has 0 bridgehead atoms. The van der Waals surface area contributed by atoms with Gasteiger partial charge in [-0.2, -0.15) is 0 Å². The number of rotatable bonds is 1. The summed E-state index contributed by atoms with van der Waals surface area (Å²) in [6.45, 7) is 0.625. The third-order valence-electron chi connectivity index (χ3n) is 1.77. The molecule has 0 amide bonds. The summed E-state index contributed by atoms with van der Waals surface area (Å²) in [5.41, 5.74) is 0. The molecule has 7 heteroatoms. The van der Waals surface area contributed by atoms with Crippen LogP contribution < -0.4 is 306 Å². The van der Waals surface area contributed by atoms with Gasteiger partial charge in [0.2, 0.25) is 0 Å². The zero-order valence-electron chi connectivity index (χ0n) is 11.9. The topological polar surface area (TPSA) is 4.44 Å². The van der Waals surface area contributed by atoms with Crippen LogP contribution in [0.2, 0.25) is 0 Å². The van der Waals surface area contributed by atoms with Crippen molar-refractivity contribution >= 4 is 12.4 Å². The third-order valence-corrected chi connectivity index (χ3v) is 1.77. The van der Waals surface area contributed by atoms with Crippen molar-refractivity contribution in [2.75, 3.05) is 0 Å². The minimum atomic E-state index is 0. The summed E-state index contributed by atoms with van der Waals surface area (Å²) >= 11 is 0. The molecule has 64 valence electrons. The fraction of sp³-hybridized carbons (Fsp3) is 0. The molecule has 1 aromatic carbocycles. The van der Waals surface area contributed by atoms with Crippen LogP contribution in [0.3, 0.4) is 0 Å². The predicted molar refractivity (Wildman–Crippen MR) is 47.4 cm³/mol. The summed E-state index contributed by atoms with van der Waals surface area (Å²) in [5, 5.41) is 2.19. The monoisotopic (exact) mass is 589 g/mol. The molecule has 1 aliphatic rings. The van der Waals surface area contributed by atoms with E-state index in [2.05, 4.69) is 0 Å². The Morgan fingerprint density at radius 1 is 0.824 bits per heavy atom. The van der Waals surface area contributed by atoms with Crippen molar-refractivity contribution in [2.24, 2.45) is 0 Å². The van der Waals surface area contributed by atoms with Gasteiger partial charge in [0.25, 0.3) is 0 Å². The van der Waals surface area contributed by atoms with Crippen LogP contribution in [-0.4, -0.2) is 0 Å². The van der Waals surface area contributed by atoms with Crippen molar-refractivity contribution in [1.29, 1.82) is 0 Å². The van der Waals surface area contributed by atoms with Crippen LogP contribution >= 0.6 is 0 Å². The Kier molecular flexibility index (Phi) is 46.3. The van der Waals surface area contributed by atoms with E-state index in [1.807, 2.05) is 36.7 Å². The average Bonchev–Trinajstić information content (AvgIpc) is 2.46. The second kappa shape index (κ2) is 21.9. The molecule has 0 radical (unpaired) electrons. The third kappa shape index (κ3) is 13.7. The van der Waals surface area contributed by atoms with E-state index in [0.29, 0.717) is 11.7 Å². The van der Waals surface area contributed by atoms with Gasteiger partial charge in [-0.05, 0) is 12.1 Å². The maximum Gasteiger partial charge on any atom is 1.00 e. The molecule has 1 heterocycles. The summed E-state index contributed by atoms with van der Waals surface area (Å²) in [6, 6.07) is 7.85. The standard InChI is InChI=1S/C9H8FN.CH3.5Rb/c10-7-11-5-8-3-1-2-4-9(8)6-11;;;;;;/h1-7,11H;1H3;;;;;/q;-1;5*+1. The minimum absolute atomic E-state index is 0. The quantitative estimate of drug-likeness (QED) is 0.245. The number of hydrogen-bond acceptors (Lipinski definition) is 0. The largest absolute Gasteiger partial charge is 1.00 e. The van der Waals surface area contributed by atoms with Gasteiger partial charge in [-0.1, -0.05) is 12.1 Å². The van der Waals surface area contributed by atoms with Crippen molar-refractivity contribution in [3.05, 3.63) is 48.9 Å². The maximum absolute atomic E-state index is 12.0. The molecule has 0 unspecified atom stereocenters. The molecule has 17 heavy (non-hydrogen) atoms. The van der Waals surface area contributed by atoms with E-state index < -0.39 is 0 Å². The fourth-order valence-electron chi connectivity index (χ4n) is 1.24. The Labute approximate surface area is 348 Å². The molecular weight excluding hydrogens is 580 g/mol. The van der Waals surface area contributed by atoms with Gasteiger partial charge in [-0.3, -0.25) is 0 Å². The maximum atomic E-state index is 12.0. The molecule has 0 aliphatic carbocycles. The molecule has 1 N–H and O–H groups in total. The average molecular weight is 592 g/mol. The summed E-state index contributed by atoms with van der Waals surface area (Å²) in [5.74, 6) is 0. The molecule has 0 spiro atoms. The first-order valence-electron chi connectivity index (χ1n) is 3.49. The van der Waals surface area contributed by atoms with E-state index >= 15 is 0 Å². The molecule has 1 nitrogen and oxygen atoms in total. The summed E-state index contributed by atoms with van der Waals surface area (Å²) in [4.78, 5) is 0.645. The molecule has 2 rings (SSSR count). The summed E-state index contributed by atoms with van der Waals surface area (Å²) in [6.07, 6.45) is 3.66. The van der Waals surface area contributed by atoms with Crippen LogP contribution in [-0.2, 0) is 0 Å². The Morgan fingerprint density at radius 2 is 1.18 bits per heavy atom. The normalized spacial score (nSPS) is 9.94. The van der Waals surface area contributed by atoms with Gasteiger partial charge < -0.3 is 16.7 Å².